The Hall–Kier alpha value is -0.650. The number of nitrogens with one attached hydrogen (secondary N) is 1. The van der Waals surface area contributed by atoms with E-state index < -0.39 is 0 Å². The summed E-state index contributed by atoms with van der Waals surface area (Å²) in [7, 11) is 2.19. The Labute approximate surface area is 117 Å². The Morgan fingerprint density at radius 3 is 2.74 bits per heavy atom. The van der Waals surface area contributed by atoms with Gasteiger partial charge in [0.2, 0.25) is 5.91 Å². The van der Waals surface area contributed by atoms with Crippen LogP contribution in [-0.2, 0) is 4.79 Å². The van der Waals surface area contributed by atoms with Gasteiger partial charge in [0, 0.05) is 19.1 Å². The van der Waals surface area contributed by atoms with Crippen LogP contribution >= 0.6 is 0 Å². The average molecular weight is 270 g/mol. The molecule has 0 aromatic heterocycles. The third-order valence-corrected chi connectivity index (χ3v) is 3.99. The van der Waals surface area contributed by atoms with Gasteiger partial charge in [0.15, 0.2) is 0 Å². The van der Waals surface area contributed by atoms with Gasteiger partial charge in [-0.15, -0.1) is 0 Å². The van der Waals surface area contributed by atoms with E-state index in [2.05, 4.69) is 29.1 Å². The fraction of sp³-hybridized carbons (Fsp3) is 0.929. The van der Waals surface area contributed by atoms with Crippen molar-refractivity contribution in [1.82, 2.24) is 15.1 Å². The van der Waals surface area contributed by atoms with Crippen LogP contribution in [-0.4, -0.2) is 67.6 Å². The number of rotatable bonds is 7. The first kappa shape index (κ1) is 16.4. The average Bonchev–Trinajstić information content (AvgIpc) is 2.55. The van der Waals surface area contributed by atoms with Crippen LogP contribution in [0.1, 0.15) is 33.1 Å². The van der Waals surface area contributed by atoms with Crippen LogP contribution in [0.4, 0.5) is 0 Å². The second-order valence-corrected chi connectivity index (χ2v) is 5.52. The lowest BCUT2D eigenvalue weighted by Gasteiger charge is -2.31. The maximum atomic E-state index is 11.4. The Kier molecular flexibility index (Phi) is 7.34. The lowest BCUT2D eigenvalue weighted by molar-refractivity contribution is -0.120. The van der Waals surface area contributed by atoms with Gasteiger partial charge in [-0.3, -0.25) is 9.69 Å². The van der Waals surface area contributed by atoms with Gasteiger partial charge in [-0.2, -0.15) is 0 Å². The first-order valence-corrected chi connectivity index (χ1v) is 7.53. The third kappa shape index (κ3) is 5.47. The lowest BCUT2D eigenvalue weighted by Crippen LogP contribution is -2.46. The molecule has 5 nitrogen and oxygen atoms in total. The summed E-state index contributed by atoms with van der Waals surface area (Å²) >= 11 is 0. The van der Waals surface area contributed by atoms with Crippen molar-refractivity contribution in [1.29, 1.82) is 0 Å². The molecule has 0 aliphatic carbocycles. The van der Waals surface area contributed by atoms with Crippen LogP contribution in [0.5, 0.6) is 0 Å². The summed E-state index contributed by atoms with van der Waals surface area (Å²) in [6.45, 7) is 9.40. The minimum absolute atomic E-state index is 0.191. The smallest absolute Gasteiger partial charge is 0.234 e. The number of primary amides is 1. The maximum absolute atomic E-state index is 11.4. The van der Waals surface area contributed by atoms with E-state index in [1.807, 2.05) is 6.92 Å². The summed E-state index contributed by atoms with van der Waals surface area (Å²) in [4.78, 5) is 16.3. The summed E-state index contributed by atoms with van der Waals surface area (Å²) < 4.78 is 0. The number of amides is 1. The van der Waals surface area contributed by atoms with Crippen molar-refractivity contribution in [3.8, 4) is 0 Å². The molecule has 19 heavy (non-hydrogen) atoms. The number of carbonyl (C=O) groups is 1. The van der Waals surface area contributed by atoms with Gasteiger partial charge < -0.3 is 16.0 Å². The zero-order valence-electron chi connectivity index (χ0n) is 12.7. The van der Waals surface area contributed by atoms with E-state index in [0.29, 0.717) is 6.04 Å². The van der Waals surface area contributed by atoms with Crippen molar-refractivity contribution in [2.45, 2.75) is 45.2 Å². The summed E-state index contributed by atoms with van der Waals surface area (Å²) in [6, 6.07) is 0.408. The molecule has 0 aromatic rings. The molecular weight excluding hydrogens is 240 g/mol. The van der Waals surface area contributed by atoms with Crippen molar-refractivity contribution in [2.75, 3.05) is 39.8 Å². The van der Waals surface area contributed by atoms with E-state index in [1.54, 1.807) is 0 Å². The Morgan fingerprint density at radius 2 is 2.16 bits per heavy atom. The molecule has 0 radical (unpaired) electrons. The van der Waals surface area contributed by atoms with E-state index in [-0.39, 0.29) is 11.9 Å². The standard InChI is InChI=1S/C14H30N4O/c1-4-12-11-17(3)8-6-9-18(12)10-7-13(14(15)19)16-5-2/h12-13,16H,4-11H2,1-3H3,(H2,15,19). The number of nitrogens with two attached hydrogens (primary N) is 1. The zero-order valence-corrected chi connectivity index (χ0v) is 12.7. The highest BCUT2D eigenvalue weighted by Gasteiger charge is 2.23. The normalized spacial score (nSPS) is 24.1. The molecule has 1 heterocycles. The molecule has 1 fully saturated rings. The fourth-order valence-electron chi connectivity index (χ4n) is 2.86. The Balaban J connectivity index is 2.50. The molecule has 0 aromatic carbocycles. The van der Waals surface area contributed by atoms with Gasteiger partial charge in [0.05, 0.1) is 6.04 Å². The van der Waals surface area contributed by atoms with Crippen LogP contribution in [0.25, 0.3) is 0 Å². The van der Waals surface area contributed by atoms with Crippen LogP contribution in [0.3, 0.4) is 0 Å². The second-order valence-electron chi connectivity index (χ2n) is 5.52. The van der Waals surface area contributed by atoms with Crippen LogP contribution in [0.2, 0.25) is 0 Å². The quantitative estimate of drug-likeness (QED) is 0.696. The van der Waals surface area contributed by atoms with E-state index in [0.717, 1.165) is 39.0 Å². The minimum Gasteiger partial charge on any atom is -0.368 e. The number of nitrogens with zero attached hydrogens (tertiary/aromatic N) is 2. The second kappa shape index (κ2) is 8.51. The van der Waals surface area contributed by atoms with Gasteiger partial charge >= 0.3 is 0 Å². The van der Waals surface area contributed by atoms with Crippen molar-refractivity contribution >= 4 is 5.91 Å². The molecule has 2 unspecified atom stereocenters. The molecule has 1 aliphatic rings. The van der Waals surface area contributed by atoms with Crippen molar-refractivity contribution in [3.63, 3.8) is 0 Å². The van der Waals surface area contributed by atoms with E-state index in [4.69, 9.17) is 5.73 Å². The highest BCUT2D eigenvalue weighted by molar-refractivity contribution is 5.79. The highest BCUT2D eigenvalue weighted by Crippen LogP contribution is 2.13. The molecule has 2 atom stereocenters. The molecule has 1 rings (SSSR count). The molecule has 112 valence electrons. The number of hydrogen-bond donors (Lipinski definition) is 2. The topological polar surface area (TPSA) is 61.6 Å². The Bertz CT molecular complexity index is 272. The van der Waals surface area contributed by atoms with Crippen LogP contribution < -0.4 is 11.1 Å². The van der Waals surface area contributed by atoms with Crippen LogP contribution in [0.15, 0.2) is 0 Å². The fourth-order valence-corrected chi connectivity index (χ4v) is 2.86. The van der Waals surface area contributed by atoms with Gasteiger partial charge in [-0.1, -0.05) is 13.8 Å². The van der Waals surface area contributed by atoms with E-state index in [1.165, 1.54) is 13.0 Å². The lowest BCUT2D eigenvalue weighted by atomic mass is 10.1. The predicted octanol–water partition coefficient (Wildman–Crippen LogP) is 0.256. The van der Waals surface area contributed by atoms with Gasteiger partial charge in [-0.25, -0.2) is 0 Å². The van der Waals surface area contributed by atoms with Crippen LogP contribution in [0, 0.1) is 0 Å². The first-order chi connectivity index (χ1) is 9.08. The molecule has 0 bridgehead atoms. The summed E-state index contributed by atoms with van der Waals surface area (Å²) in [5, 5.41) is 3.17. The summed E-state index contributed by atoms with van der Waals surface area (Å²) in [6.07, 6.45) is 3.17. The predicted molar refractivity (Wildman–Crippen MR) is 79.0 cm³/mol. The molecule has 0 spiro atoms. The van der Waals surface area contributed by atoms with Crippen molar-refractivity contribution in [3.05, 3.63) is 0 Å². The number of likely N-dealkylation sites (N-methyl/N-ethyl adjacent to an activating group) is 2. The molecule has 0 saturated carbocycles. The Morgan fingerprint density at radius 1 is 1.42 bits per heavy atom. The summed E-state index contributed by atoms with van der Waals surface area (Å²) in [5.74, 6) is -0.234. The maximum Gasteiger partial charge on any atom is 0.234 e. The number of hydrogen-bond acceptors (Lipinski definition) is 4. The monoisotopic (exact) mass is 270 g/mol. The van der Waals surface area contributed by atoms with Gasteiger partial charge in [0.1, 0.15) is 0 Å². The molecule has 5 heteroatoms. The minimum atomic E-state index is -0.234. The molecule has 1 saturated heterocycles. The SMILES string of the molecule is CCNC(CCN1CCCN(C)CC1CC)C(N)=O. The zero-order chi connectivity index (χ0) is 14.3. The van der Waals surface area contributed by atoms with Gasteiger partial charge in [-0.05, 0) is 45.9 Å². The largest absolute Gasteiger partial charge is 0.368 e. The number of carbonyl (C=O) groups excluding carboxylic acids is 1. The van der Waals surface area contributed by atoms with E-state index in [9.17, 15) is 4.79 Å². The third-order valence-electron chi connectivity index (χ3n) is 3.99. The molecular formula is C14H30N4O. The summed E-state index contributed by atoms with van der Waals surface area (Å²) in [5.41, 5.74) is 5.43. The molecule has 1 amide bonds. The molecule has 3 N–H and O–H groups in total. The molecule has 1 aliphatic heterocycles. The van der Waals surface area contributed by atoms with E-state index >= 15 is 0 Å². The van der Waals surface area contributed by atoms with Gasteiger partial charge in [0.25, 0.3) is 0 Å². The highest BCUT2D eigenvalue weighted by atomic mass is 16.1. The van der Waals surface area contributed by atoms with Crippen molar-refractivity contribution in [2.24, 2.45) is 5.73 Å². The van der Waals surface area contributed by atoms with Crippen molar-refractivity contribution < 1.29 is 4.79 Å². The first-order valence-electron chi connectivity index (χ1n) is 7.53.